The van der Waals surface area contributed by atoms with Gasteiger partial charge in [0.05, 0.1) is 12.9 Å². The number of aliphatic hydroxyl groups excluding tert-OH is 1. The fourth-order valence-corrected chi connectivity index (χ4v) is 8.74. The normalized spacial score (nSPS) is 23.2. The Kier molecular flexibility index (Phi) is 14.7. The Bertz CT molecular complexity index is 2330. The summed E-state index contributed by atoms with van der Waals surface area (Å²) in [5, 5.41) is 18.9. The SMILES string of the molecule is CCC1CCC(Nc2nc3ccc(F)cc3o2)CC1.CS(=O)(=O)OCC1CCC(Nc2nc3ccc(F)cc3o2)CC1.OCC1CCC(Nc2nc3ccc(F)cc3o2)CC1. The highest BCUT2D eigenvalue weighted by molar-refractivity contribution is 7.85. The van der Waals surface area contributed by atoms with Crippen LogP contribution < -0.4 is 16.0 Å². The summed E-state index contributed by atoms with van der Waals surface area (Å²) in [6.07, 6.45) is 14.7. The molecule has 3 aromatic carbocycles. The highest BCUT2D eigenvalue weighted by Crippen LogP contribution is 2.31. The third kappa shape index (κ3) is 12.8. The molecule has 6 aromatic rings. The minimum Gasteiger partial charge on any atom is -0.423 e. The minimum atomic E-state index is -3.38. The Labute approximate surface area is 353 Å². The van der Waals surface area contributed by atoms with Crippen molar-refractivity contribution in [1.82, 2.24) is 15.0 Å². The smallest absolute Gasteiger partial charge is 0.295 e. The summed E-state index contributed by atoms with van der Waals surface area (Å²) in [6, 6.07) is 15.3. The van der Waals surface area contributed by atoms with Gasteiger partial charge in [-0.3, -0.25) is 4.18 Å². The van der Waals surface area contributed by atoms with Gasteiger partial charge in [-0.05, 0) is 131 Å². The van der Waals surface area contributed by atoms with Crippen molar-refractivity contribution in [2.24, 2.45) is 17.8 Å². The molecule has 0 unspecified atom stereocenters. The lowest BCUT2D eigenvalue weighted by Crippen LogP contribution is -2.28. The molecule has 61 heavy (non-hydrogen) atoms. The summed E-state index contributed by atoms with van der Waals surface area (Å²) >= 11 is 0. The van der Waals surface area contributed by atoms with Gasteiger partial charge in [0.2, 0.25) is 0 Å². The van der Waals surface area contributed by atoms with E-state index in [4.69, 9.17) is 22.5 Å². The van der Waals surface area contributed by atoms with E-state index in [1.165, 1.54) is 55.7 Å². The standard InChI is InChI=1S/C15H19FN2O4S.C15H19FN2O.C14H17FN2O2/c1-23(19,20)21-9-10-2-5-12(6-3-10)17-15-18-13-7-4-11(16)8-14(13)22-15;1-2-10-3-6-12(7-4-10)17-15-18-13-8-5-11(16)9-14(13)19-15;15-10-3-6-12-13(7-10)19-14(17-12)16-11-4-1-9(8-18)2-5-11/h4,7-8,10,12H,2-3,5-6,9H2,1H3,(H,17,18);5,8-10,12H,2-4,6-7H2,1H3,(H,17,18);3,6-7,9,11,18H,1-2,4-5,8H2,(H,16,17). The predicted octanol–water partition coefficient (Wildman–Crippen LogP) is 10.2. The molecule has 3 heterocycles. The van der Waals surface area contributed by atoms with E-state index >= 15 is 0 Å². The summed E-state index contributed by atoms with van der Waals surface area (Å²) < 4.78 is 82.7. The second-order valence-electron chi connectivity index (χ2n) is 16.6. The first kappa shape index (κ1) is 44.2. The van der Waals surface area contributed by atoms with Gasteiger partial charge >= 0.3 is 0 Å². The van der Waals surface area contributed by atoms with Crippen LogP contribution in [0.25, 0.3) is 33.3 Å². The molecule has 3 aliphatic rings. The highest BCUT2D eigenvalue weighted by atomic mass is 32.2. The number of rotatable bonds is 11. The van der Waals surface area contributed by atoms with Crippen molar-refractivity contribution >= 4 is 61.5 Å². The number of hydrogen-bond donors (Lipinski definition) is 4. The number of hydrogen-bond acceptors (Lipinski definition) is 13. The van der Waals surface area contributed by atoms with Crippen molar-refractivity contribution in [3.05, 3.63) is 72.0 Å². The number of aromatic nitrogens is 3. The van der Waals surface area contributed by atoms with Crippen molar-refractivity contribution in [3.8, 4) is 0 Å². The van der Waals surface area contributed by atoms with Gasteiger partial charge in [-0.25, -0.2) is 13.2 Å². The minimum absolute atomic E-state index is 0.211. The molecule has 0 aliphatic heterocycles. The van der Waals surface area contributed by atoms with Gasteiger partial charge in [0, 0.05) is 42.9 Å². The molecule has 0 spiro atoms. The molecule has 3 fully saturated rings. The van der Waals surface area contributed by atoms with Gasteiger partial charge in [-0.2, -0.15) is 23.4 Å². The maximum absolute atomic E-state index is 13.1. The maximum atomic E-state index is 13.1. The van der Waals surface area contributed by atoms with E-state index in [1.807, 2.05) is 0 Å². The topological polar surface area (TPSA) is 178 Å². The van der Waals surface area contributed by atoms with Crippen molar-refractivity contribution in [2.75, 3.05) is 35.4 Å². The van der Waals surface area contributed by atoms with Gasteiger partial charge in [-0.15, -0.1) is 0 Å². The van der Waals surface area contributed by atoms with Gasteiger partial charge in [0.15, 0.2) is 16.7 Å². The monoisotopic (exact) mass is 868 g/mol. The zero-order valence-electron chi connectivity index (χ0n) is 34.5. The van der Waals surface area contributed by atoms with Crippen LogP contribution in [0.2, 0.25) is 0 Å². The average Bonchev–Trinajstić information content (AvgIpc) is 3.96. The Morgan fingerprint density at radius 1 is 0.590 bits per heavy atom. The number of aliphatic hydroxyl groups is 1. The van der Waals surface area contributed by atoms with E-state index in [0.717, 1.165) is 76.4 Å². The molecule has 3 aliphatic carbocycles. The number of halogens is 3. The molecule has 3 aromatic heterocycles. The molecule has 0 amide bonds. The van der Waals surface area contributed by atoms with Crippen LogP contribution in [0, 0.1) is 35.2 Å². The second kappa shape index (κ2) is 20.3. The quantitative estimate of drug-likeness (QED) is 0.0906. The van der Waals surface area contributed by atoms with Crippen LogP contribution in [0.3, 0.4) is 0 Å². The summed E-state index contributed by atoms with van der Waals surface area (Å²) in [6.45, 7) is 2.77. The van der Waals surface area contributed by atoms with Crippen molar-refractivity contribution in [1.29, 1.82) is 0 Å². The summed E-state index contributed by atoms with van der Waals surface area (Å²) in [5.41, 5.74) is 3.36. The van der Waals surface area contributed by atoms with Crippen LogP contribution in [0.15, 0.2) is 67.8 Å². The summed E-state index contributed by atoms with van der Waals surface area (Å²) in [4.78, 5) is 12.9. The van der Waals surface area contributed by atoms with Gasteiger partial charge in [0.25, 0.3) is 28.2 Å². The largest absolute Gasteiger partial charge is 0.423 e. The maximum Gasteiger partial charge on any atom is 0.295 e. The molecule has 4 N–H and O–H groups in total. The van der Waals surface area contributed by atoms with E-state index in [1.54, 1.807) is 18.2 Å². The Morgan fingerprint density at radius 2 is 0.934 bits per heavy atom. The summed E-state index contributed by atoms with van der Waals surface area (Å²) in [5.74, 6) is 0.580. The number of anilines is 3. The zero-order valence-corrected chi connectivity index (χ0v) is 35.4. The molecular formula is C44H55F3N6O7S. The Morgan fingerprint density at radius 3 is 1.26 bits per heavy atom. The van der Waals surface area contributed by atoms with E-state index in [0.29, 0.717) is 69.3 Å². The molecule has 13 nitrogen and oxygen atoms in total. The third-order valence-corrected chi connectivity index (χ3v) is 12.5. The number of fused-ring (bicyclic) bond motifs is 3. The molecule has 17 heteroatoms. The van der Waals surface area contributed by atoms with E-state index in [-0.39, 0.29) is 42.6 Å². The predicted molar refractivity (Wildman–Crippen MR) is 228 cm³/mol. The summed E-state index contributed by atoms with van der Waals surface area (Å²) in [7, 11) is -3.38. The molecule has 0 bridgehead atoms. The van der Waals surface area contributed by atoms with Crippen LogP contribution in [-0.4, -0.2) is 66.1 Å². The lowest BCUT2D eigenvalue weighted by atomic mass is 9.85. The van der Waals surface area contributed by atoms with Crippen molar-refractivity contribution < 1.29 is 44.1 Å². The molecule has 0 atom stereocenters. The van der Waals surface area contributed by atoms with Crippen LogP contribution >= 0.6 is 0 Å². The van der Waals surface area contributed by atoms with Crippen molar-refractivity contribution in [2.45, 2.75) is 109 Å². The fraction of sp³-hybridized carbons (Fsp3) is 0.523. The number of benzene rings is 3. The van der Waals surface area contributed by atoms with Gasteiger partial charge in [-0.1, -0.05) is 13.3 Å². The van der Waals surface area contributed by atoms with Gasteiger partial charge < -0.3 is 34.3 Å². The molecule has 3 saturated carbocycles. The van der Waals surface area contributed by atoms with E-state index in [2.05, 4.69) is 37.8 Å². The Balaban J connectivity index is 0.000000139. The van der Waals surface area contributed by atoms with Crippen LogP contribution in [0.4, 0.5) is 31.2 Å². The third-order valence-electron chi connectivity index (χ3n) is 11.9. The fourth-order valence-electron chi connectivity index (χ4n) is 8.30. The van der Waals surface area contributed by atoms with Crippen LogP contribution in [0.5, 0.6) is 0 Å². The Hall–Kier alpha value is -4.87. The number of nitrogens with zero attached hydrogens (tertiary/aromatic N) is 3. The number of nitrogens with one attached hydrogen (secondary N) is 3. The van der Waals surface area contributed by atoms with E-state index < -0.39 is 10.1 Å². The first-order valence-corrected chi connectivity index (χ1v) is 23.1. The molecule has 9 rings (SSSR count). The molecule has 0 radical (unpaired) electrons. The molecule has 0 saturated heterocycles. The average molecular weight is 869 g/mol. The first-order valence-electron chi connectivity index (χ1n) is 21.3. The highest BCUT2D eigenvalue weighted by Gasteiger charge is 2.25. The van der Waals surface area contributed by atoms with Gasteiger partial charge in [0.1, 0.15) is 34.0 Å². The van der Waals surface area contributed by atoms with Crippen molar-refractivity contribution in [3.63, 3.8) is 0 Å². The lowest BCUT2D eigenvalue weighted by Gasteiger charge is -2.28. The second-order valence-corrected chi connectivity index (χ2v) is 18.2. The molecule has 330 valence electrons. The zero-order chi connectivity index (χ0) is 42.9. The van der Waals surface area contributed by atoms with Crippen LogP contribution in [0.1, 0.15) is 90.4 Å². The van der Waals surface area contributed by atoms with Crippen LogP contribution in [-0.2, 0) is 14.3 Å². The lowest BCUT2D eigenvalue weighted by molar-refractivity contribution is 0.185. The molecular weight excluding hydrogens is 814 g/mol. The number of oxazole rings is 3. The first-order chi connectivity index (χ1) is 29.4. The van der Waals surface area contributed by atoms with E-state index in [9.17, 15) is 21.6 Å².